The first-order valence-corrected chi connectivity index (χ1v) is 12.9. The maximum Gasteiger partial charge on any atom is 0.434 e. The number of para-hydroxylation sites is 1. The molecule has 1 saturated carbocycles. The van der Waals surface area contributed by atoms with Crippen LogP contribution in [0.1, 0.15) is 52.9 Å². The van der Waals surface area contributed by atoms with Crippen molar-refractivity contribution >= 4 is 29.1 Å². The van der Waals surface area contributed by atoms with Crippen LogP contribution in [0.3, 0.4) is 0 Å². The molecule has 2 aliphatic rings. The van der Waals surface area contributed by atoms with Crippen LogP contribution < -0.4 is 10.2 Å². The Bertz CT molecular complexity index is 1480. The summed E-state index contributed by atoms with van der Waals surface area (Å²) in [5.41, 5.74) is -4.35. The summed E-state index contributed by atoms with van der Waals surface area (Å²) >= 11 is 5.78. The fourth-order valence-electron chi connectivity index (χ4n) is 5.51. The van der Waals surface area contributed by atoms with E-state index in [1.54, 1.807) is 18.2 Å². The Morgan fingerprint density at radius 3 is 2.45 bits per heavy atom. The zero-order chi connectivity index (χ0) is 28.8. The van der Waals surface area contributed by atoms with Crippen molar-refractivity contribution in [3.05, 3.63) is 93.8 Å². The molecule has 12 heteroatoms. The zero-order valence-electron chi connectivity index (χ0n) is 20.8. The molecule has 2 aromatic carbocycles. The molecule has 2 N–H and O–H groups in total. The summed E-state index contributed by atoms with van der Waals surface area (Å²) in [7, 11) is 0. The molecule has 1 unspecified atom stereocenters. The molecule has 0 bridgehead atoms. The van der Waals surface area contributed by atoms with E-state index < -0.39 is 58.1 Å². The van der Waals surface area contributed by atoms with Gasteiger partial charge in [0.15, 0.2) is 22.9 Å². The van der Waals surface area contributed by atoms with Crippen molar-refractivity contribution in [1.82, 2.24) is 10.3 Å². The number of nitrogens with zero attached hydrogens (tertiary/aromatic N) is 2. The Kier molecular flexibility index (Phi) is 7.30. The maximum absolute atomic E-state index is 14.7. The second kappa shape index (κ2) is 10.4. The van der Waals surface area contributed by atoms with E-state index in [9.17, 15) is 36.6 Å². The summed E-state index contributed by atoms with van der Waals surface area (Å²) in [6.07, 6.45) is -2.11. The number of aromatic nitrogens is 1. The van der Waals surface area contributed by atoms with Crippen LogP contribution in [0.5, 0.6) is 0 Å². The molecule has 40 heavy (non-hydrogen) atoms. The van der Waals surface area contributed by atoms with Gasteiger partial charge in [-0.05, 0) is 49.8 Å². The summed E-state index contributed by atoms with van der Waals surface area (Å²) in [6.45, 7) is 0.173. The summed E-state index contributed by atoms with van der Waals surface area (Å²) < 4.78 is 68.7. The highest BCUT2D eigenvalue weighted by Gasteiger charge is 2.53. The van der Waals surface area contributed by atoms with Crippen LogP contribution in [0.4, 0.5) is 27.6 Å². The number of aliphatic hydroxyl groups is 1. The minimum absolute atomic E-state index is 0.0802. The van der Waals surface area contributed by atoms with E-state index in [-0.39, 0.29) is 23.0 Å². The van der Waals surface area contributed by atoms with Gasteiger partial charge in [0.05, 0.1) is 16.3 Å². The van der Waals surface area contributed by atoms with Crippen molar-refractivity contribution in [2.24, 2.45) is 5.92 Å². The fraction of sp³-hybridized carbons (Fsp3) is 0.321. The highest BCUT2D eigenvalue weighted by Crippen LogP contribution is 2.46. The quantitative estimate of drug-likeness (QED) is 0.385. The highest BCUT2D eigenvalue weighted by atomic mass is 35.5. The first kappa shape index (κ1) is 28.0. The van der Waals surface area contributed by atoms with Gasteiger partial charge >= 0.3 is 6.18 Å². The standard InChI is InChI=1S/C28H23ClF5N3O3/c29-16-12-18(24(35-13-16)28(32,33)34)25(38)36-17-10-8-15(9-11-17)14-37-22-7-2-1-4-19(22)27(40,26(37)39)20-5-3-6-21(30)23(20)31/h1-7,12-13,15,17,40H,8-11,14H2,(H,36,38)/t15-,17-,27?. The minimum Gasteiger partial charge on any atom is -0.372 e. The normalized spacial score (nSPS) is 22.8. The van der Waals surface area contributed by atoms with Gasteiger partial charge in [0, 0.05) is 29.9 Å². The van der Waals surface area contributed by atoms with Crippen molar-refractivity contribution in [3.63, 3.8) is 0 Å². The topological polar surface area (TPSA) is 82.5 Å². The molecule has 1 fully saturated rings. The molecular formula is C28H23ClF5N3O3. The van der Waals surface area contributed by atoms with Crippen molar-refractivity contribution in [1.29, 1.82) is 0 Å². The SMILES string of the molecule is O=C(N[C@H]1CC[C@H](CN2C(=O)C(O)(c3cccc(F)c3F)c3ccccc32)CC1)c1cc(Cl)cnc1C(F)(F)F. The maximum atomic E-state index is 14.7. The van der Waals surface area contributed by atoms with Crippen molar-refractivity contribution in [2.45, 2.75) is 43.5 Å². The Morgan fingerprint density at radius 1 is 1.07 bits per heavy atom. The minimum atomic E-state index is -4.83. The number of anilines is 1. The summed E-state index contributed by atoms with van der Waals surface area (Å²) in [4.78, 5) is 30.9. The number of carbonyl (C=O) groups excluding carboxylic acids is 2. The van der Waals surface area contributed by atoms with Crippen LogP contribution >= 0.6 is 11.6 Å². The molecule has 0 saturated heterocycles. The fourth-order valence-corrected chi connectivity index (χ4v) is 5.67. The van der Waals surface area contributed by atoms with Gasteiger partial charge in [-0.1, -0.05) is 41.9 Å². The van der Waals surface area contributed by atoms with E-state index in [2.05, 4.69) is 10.3 Å². The average Bonchev–Trinajstić information content (AvgIpc) is 3.13. The van der Waals surface area contributed by atoms with Crippen LogP contribution in [0.25, 0.3) is 0 Å². The van der Waals surface area contributed by atoms with Crippen LogP contribution in [-0.2, 0) is 16.6 Å². The van der Waals surface area contributed by atoms with Crippen LogP contribution in [0, 0.1) is 17.6 Å². The predicted octanol–water partition coefficient (Wildman–Crippen LogP) is 5.60. The number of hydrogen-bond acceptors (Lipinski definition) is 4. The molecule has 2 amide bonds. The molecule has 0 radical (unpaired) electrons. The third-order valence-corrected chi connectivity index (χ3v) is 7.68. The number of alkyl halides is 3. The molecule has 3 aromatic rings. The van der Waals surface area contributed by atoms with Gasteiger partial charge in [-0.2, -0.15) is 13.2 Å². The first-order valence-electron chi connectivity index (χ1n) is 12.5. The predicted molar refractivity (Wildman–Crippen MR) is 136 cm³/mol. The number of nitrogens with one attached hydrogen (secondary N) is 1. The molecule has 1 aliphatic carbocycles. The number of halogens is 6. The molecule has 1 atom stereocenters. The lowest BCUT2D eigenvalue weighted by molar-refractivity contribution is -0.141. The average molecular weight is 580 g/mol. The van der Waals surface area contributed by atoms with Crippen LogP contribution in [0.15, 0.2) is 54.7 Å². The van der Waals surface area contributed by atoms with Gasteiger partial charge in [0.25, 0.3) is 11.8 Å². The van der Waals surface area contributed by atoms with Gasteiger partial charge in [0.1, 0.15) is 0 Å². The molecule has 6 nitrogen and oxygen atoms in total. The molecular weight excluding hydrogens is 557 g/mol. The smallest absolute Gasteiger partial charge is 0.372 e. The van der Waals surface area contributed by atoms with Crippen molar-refractivity contribution in [3.8, 4) is 0 Å². The van der Waals surface area contributed by atoms with E-state index in [0.29, 0.717) is 31.4 Å². The monoisotopic (exact) mass is 579 g/mol. The summed E-state index contributed by atoms with van der Waals surface area (Å²) in [5, 5.41) is 14.0. The van der Waals surface area contributed by atoms with E-state index in [0.717, 1.165) is 18.3 Å². The Labute approximate surface area is 230 Å². The van der Waals surface area contributed by atoms with Gasteiger partial charge in [-0.3, -0.25) is 9.59 Å². The molecule has 1 aliphatic heterocycles. The molecule has 5 rings (SSSR count). The summed E-state index contributed by atoms with van der Waals surface area (Å²) in [6, 6.07) is 10.2. The third-order valence-electron chi connectivity index (χ3n) is 7.47. The largest absolute Gasteiger partial charge is 0.434 e. The lowest BCUT2D eigenvalue weighted by atomic mass is 9.85. The lowest BCUT2D eigenvalue weighted by Crippen LogP contribution is -2.45. The van der Waals surface area contributed by atoms with Crippen LogP contribution in [0.2, 0.25) is 5.02 Å². The Hall–Kier alpha value is -3.57. The number of pyridine rings is 1. The number of benzene rings is 2. The molecule has 2 heterocycles. The van der Waals surface area contributed by atoms with E-state index in [1.165, 1.54) is 23.1 Å². The number of rotatable bonds is 5. The molecule has 210 valence electrons. The zero-order valence-corrected chi connectivity index (χ0v) is 21.6. The van der Waals surface area contributed by atoms with Gasteiger partial charge in [-0.25, -0.2) is 13.8 Å². The van der Waals surface area contributed by atoms with Gasteiger partial charge in [0.2, 0.25) is 0 Å². The van der Waals surface area contributed by atoms with E-state index in [4.69, 9.17) is 11.6 Å². The first-order chi connectivity index (χ1) is 18.9. The second-order valence-electron chi connectivity index (χ2n) is 9.98. The highest BCUT2D eigenvalue weighted by molar-refractivity contribution is 6.30. The van der Waals surface area contributed by atoms with Crippen molar-refractivity contribution in [2.75, 3.05) is 11.4 Å². The Morgan fingerprint density at radius 2 is 1.75 bits per heavy atom. The number of fused-ring (bicyclic) bond motifs is 1. The van der Waals surface area contributed by atoms with Gasteiger partial charge in [-0.15, -0.1) is 0 Å². The van der Waals surface area contributed by atoms with Crippen molar-refractivity contribution < 1.29 is 36.6 Å². The van der Waals surface area contributed by atoms with E-state index in [1.807, 2.05) is 0 Å². The number of hydrogen-bond donors (Lipinski definition) is 2. The van der Waals surface area contributed by atoms with E-state index >= 15 is 0 Å². The molecule has 0 spiro atoms. The van der Waals surface area contributed by atoms with Crippen LogP contribution in [-0.4, -0.2) is 34.5 Å². The Balaban J connectivity index is 1.29. The number of carbonyl (C=O) groups is 2. The summed E-state index contributed by atoms with van der Waals surface area (Å²) in [5.74, 6) is -4.32. The third kappa shape index (κ3) is 4.92. The number of amides is 2. The molecule has 1 aromatic heterocycles. The van der Waals surface area contributed by atoms with Gasteiger partial charge < -0.3 is 15.3 Å². The second-order valence-corrected chi connectivity index (χ2v) is 10.4. The lowest BCUT2D eigenvalue weighted by Gasteiger charge is -2.32.